The van der Waals surface area contributed by atoms with Crippen LogP contribution in [0.5, 0.6) is 0 Å². The Kier molecular flexibility index (Phi) is 5.09. The van der Waals surface area contributed by atoms with E-state index >= 15 is 0 Å². The summed E-state index contributed by atoms with van der Waals surface area (Å²) in [7, 11) is 0. The highest BCUT2D eigenvalue weighted by Crippen LogP contribution is 2.29. The second-order valence-corrected chi connectivity index (χ2v) is 4.68. The predicted molar refractivity (Wildman–Crippen MR) is 77.7 cm³/mol. The third-order valence-corrected chi connectivity index (χ3v) is 3.56. The standard InChI is InChI=1S/C12H18N2S2/c1-4-14(5-2)9-7-6-8-10(16-3)11(9)12(13)15/h6-8H,4-5H2,1-3H3,(H2,13,15). The van der Waals surface area contributed by atoms with Crippen molar-refractivity contribution in [3.8, 4) is 0 Å². The number of thiocarbonyl (C=S) groups is 1. The first kappa shape index (κ1) is 13.3. The monoisotopic (exact) mass is 254 g/mol. The van der Waals surface area contributed by atoms with E-state index in [9.17, 15) is 0 Å². The van der Waals surface area contributed by atoms with Gasteiger partial charge in [0.05, 0.1) is 0 Å². The quantitative estimate of drug-likeness (QED) is 0.646. The lowest BCUT2D eigenvalue weighted by Crippen LogP contribution is -2.25. The Morgan fingerprint density at radius 2 is 2.00 bits per heavy atom. The lowest BCUT2D eigenvalue weighted by Gasteiger charge is -2.25. The van der Waals surface area contributed by atoms with Gasteiger partial charge >= 0.3 is 0 Å². The summed E-state index contributed by atoms with van der Waals surface area (Å²) in [6.07, 6.45) is 2.04. The van der Waals surface area contributed by atoms with Gasteiger partial charge in [-0.3, -0.25) is 0 Å². The van der Waals surface area contributed by atoms with E-state index in [1.54, 1.807) is 11.8 Å². The molecule has 0 saturated heterocycles. The van der Waals surface area contributed by atoms with E-state index in [0.29, 0.717) is 4.99 Å². The number of hydrogen-bond donors (Lipinski definition) is 1. The molecule has 1 aromatic carbocycles. The highest BCUT2D eigenvalue weighted by molar-refractivity contribution is 7.98. The van der Waals surface area contributed by atoms with Crippen molar-refractivity contribution < 1.29 is 0 Å². The topological polar surface area (TPSA) is 29.3 Å². The van der Waals surface area contributed by atoms with Gasteiger partial charge in [0.25, 0.3) is 0 Å². The number of nitrogens with zero attached hydrogens (tertiary/aromatic N) is 1. The minimum Gasteiger partial charge on any atom is -0.389 e. The summed E-state index contributed by atoms with van der Waals surface area (Å²) in [5.41, 5.74) is 7.98. The Balaban J connectivity index is 3.31. The van der Waals surface area contributed by atoms with Gasteiger partial charge in [0, 0.05) is 29.2 Å². The number of thioether (sulfide) groups is 1. The molecule has 0 atom stereocenters. The van der Waals surface area contributed by atoms with Crippen LogP contribution in [-0.2, 0) is 0 Å². The van der Waals surface area contributed by atoms with E-state index in [2.05, 4.69) is 36.9 Å². The molecule has 0 unspecified atom stereocenters. The molecule has 0 bridgehead atoms. The molecular weight excluding hydrogens is 236 g/mol. The molecule has 0 aliphatic heterocycles. The van der Waals surface area contributed by atoms with Gasteiger partial charge in [0.2, 0.25) is 0 Å². The van der Waals surface area contributed by atoms with Crippen molar-refractivity contribution in [2.75, 3.05) is 24.2 Å². The van der Waals surface area contributed by atoms with Crippen LogP contribution >= 0.6 is 24.0 Å². The van der Waals surface area contributed by atoms with Crippen molar-refractivity contribution in [1.29, 1.82) is 0 Å². The Hall–Kier alpha value is -0.740. The van der Waals surface area contributed by atoms with Crippen molar-refractivity contribution in [2.45, 2.75) is 18.7 Å². The van der Waals surface area contributed by atoms with Crippen LogP contribution in [-0.4, -0.2) is 24.3 Å². The molecule has 0 amide bonds. The summed E-state index contributed by atoms with van der Waals surface area (Å²) in [5.74, 6) is 0. The average Bonchev–Trinajstić information content (AvgIpc) is 2.30. The van der Waals surface area contributed by atoms with Gasteiger partial charge in [-0.2, -0.15) is 0 Å². The van der Waals surface area contributed by atoms with Crippen molar-refractivity contribution >= 4 is 34.7 Å². The van der Waals surface area contributed by atoms with Crippen LogP contribution in [0.3, 0.4) is 0 Å². The van der Waals surface area contributed by atoms with Gasteiger partial charge in [-0.25, -0.2) is 0 Å². The summed E-state index contributed by atoms with van der Waals surface area (Å²) in [4.78, 5) is 3.90. The van der Waals surface area contributed by atoms with Gasteiger partial charge in [-0.05, 0) is 32.2 Å². The molecule has 0 radical (unpaired) electrons. The molecule has 0 heterocycles. The second-order valence-electron chi connectivity index (χ2n) is 3.39. The van der Waals surface area contributed by atoms with Crippen LogP contribution in [0.15, 0.2) is 23.1 Å². The van der Waals surface area contributed by atoms with Gasteiger partial charge < -0.3 is 10.6 Å². The number of rotatable bonds is 5. The number of anilines is 1. The molecule has 0 aliphatic carbocycles. The minimum absolute atomic E-state index is 0.479. The maximum atomic E-state index is 5.83. The van der Waals surface area contributed by atoms with E-state index in [4.69, 9.17) is 18.0 Å². The fourth-order valence-corrected chi connectivity index (χ4v) is 2.68. The van der Waals surface area contributed by atoms with Crippen molar-refractivity contribution in [3.05, 3.63) is 23.8 Å². The van der Waals surface area contributed by atoms with Crippen molar-refractivity contribution in [2.24, 2.45) is 5.73 Å². The first-order chi connectivity index (χ1) is 7.65. The third-order valence-electron chi connectivity index (χ3n) is 2.57. The lowest BCUT2D eigenvalue weighted by molar-refractivity contribution is 0.863. The Morgan fingerprint density at radius 1 is 1.38 bits per heavy atom. The molecule has 1 rings (SSSR count). The van der Waals surface area contributed by atoms with Crippen LogP contribution in [0.1, 0.15) is 19.4 Å². The fourth-order valence-electron chi connectivity index (χ4n) is 1.77. The smallest absolute Gasteiger partial charge is 0.107 e. The zero-order valence-corrected chi connectivity index (χ0v) is 11.6. The van der Waals surface area contributed by atoms with E-state index in [-0.39, 0.29) is 0 Å². The van der Waals surface area contributed by atoms with Crippen molar-refractivity contribution in [1.82, 2.24) is 0 Å². The number of hydrogen-bond acceptors (Lipinski definition) is 3. The molecule has 1 aromatic rings. The Morgan fingerprint density at radius 3 is 2.44 bits per heavy atom. The van der Waals surface area contributed by atoms with E-state index in [1.807, 2.05) is 6.26 Å². The summed E-state index contributed by atoms with van der Waals surface area (Å²) in [6.45, 7) is 6.20. The lowest BCUT2D eigenvalue weighted by atomic mass is 10.1. The second kappa shape index (κ2) is 6.11. The summed E-state index contributed by atoms with van der Waals surface area (Å²) in [5, 5.41) is 0. The van der Waals surface area contributed by atoms with Gasteiger partial charge in [0.1, 0.15) is 4.99 Å². The van der Waals surface area contributed by atoms with E-state index in [1.165, 1.54) is 0 Å². The highest BCUT2D eigenvalue weighted by Gasteiger charge is 2.13. The molecule has 2 nitrogen and oxygen atoms in total. The van der Waals surface area contributed by atoms with E-state index in [0.717, 1.165) is 29.2 Å². The molecule has 16 heavy (non-hydrogen) atoms. The first-order valence-electron chi connectivity index (χ1n) is 5.37. The van der Waals surface area contributed by atoms with Crippen LogP contribution < -0.4 is 10.6 Å². The van der Waals surface area contributed by atoms with Crippen LogP contribution in [0, 0.1) is 0 Å². The SMILES string of the molecule is CCN(CC)c1cccc(SC)c1C(N)=S. The minimum atomic E-state index is 0.479. The molecule has 4 heteroatoms. The summed E-state index contributed by atoms with van der Waals surface area (Å²) >= 11 is 6.84. The zero-order chi connectivity index (χ0) is 12.1. The van der Waals surface area contributed by atoms with E-state index < -0.39 is 0 Å². The van der Waals surface area contributed by atoms with Gasteiger partial charge in [-0.1, -0.05) is 18.3 Å². The highest BCUT2D eigenvalue weighted by atomic mass is 32.2. The Bertz CT molecular complexity index is 373. The van der Waals surface area contributed by atoms with Crippen LogP contribution in [0.25, 0.3) is 0 Å². The molecular formula is C12H18N2S2. The third kappa shape index (κ3) is 2.68. The number of benzene rings is 1. The normalized spacial score (nSPS) is 10.2. The summed E-state index contributed by atoms with van der Waals surface area (Å²) < 4.78 is 0. The maximum Gasteiger partial charge on any atom is 0.107 e. The van der Waals surface area contributed by atoms with Crippen molar-refractivity contribution in [3.63, 3.8) is 0 Å². The van der Waals surface area contributed by atoms with Crippen LogP contribution in [0.4, 0.5) is 5.69 Å². The van der Waals surface area contributed by atoms with Gasteiger partial charge in [0.15, 0.2) is 0 Å². The molecule has 88 valence electrons. The largest absolute Gasteiger partial charge is 0.389 e. The fraction of sp³-hybridized carbons (Fsp3) is 0.417. The molecule has 0 spiro atoms. The average molecular weight is 254 g/mol. The van der Waals surface area contributed by atoms with Crippen LogP contribution in [0.2, 0.25) is 0 Å². The Labute approximate surface area is 107 Å². The predicted octanol–water partition coefficient (Wildman–Crippen LogP) is 2.89. The first-order valence-corrected chi connectivity index (χ1v) is 7.00. The molecule has 0 aliphatic rings. The molecule has 0 saturated carbocycles. The molecule has 2 N–H and O–H groups in total. The maximum absolute atomic E-state index is 5.83. The number of nitrogens with two attached hydrogens (primary N) is 1. The zero-order valence-electron chi connectivity index (χ0n) is 9.99. The summed E-state index contributed by atoms with van der Waals surface area (Å²) in [6, 6.07) is 6.20. The molecule has 0 aromatic heterocycles. The van der Waals surface area contributed by atoms with Gasteiger partial charge in [-0.15, -0.1) is 11.8 Å². The molecule has 0 fully saturated rings.